The van der Waals surface area contributed by atoms with Gasteiger partial charge in [0.2, 0.25) is 5.75 Å². The first-order chi connectivity index (χ1) is 12.5. The minimum absolute atomic E-state index is 0.104. The molecule has 2 rings (SSSR count). The zero-order valence-corrected chi connectivity index (χ0v) is 14.5. The van der Waals surface area contributed by atoms with Crippen LogP contribution in [0.3, 0.4) is 0 Å². The van der Waals surface area contributed by atoms with Gasteiger partial charge in [0.05, 0.1) is 14.2 Å². The van der Waals surface area contributed by atoms with Gasteiger partial charge in [-0.2, -0.15) is 0 Å². The highest BCUT2D eigenvalue weighted by molar-refractivity contribution is 6.02. The molecule has 0 unspecified atom stereocenters. The maximum atomic E-state index is 11.9. The second kappa shape index (κ2) is 9.13. The largest absolute Gasteiger partial charge is 0.508 e. The monoisotopic (exact) mass is 352 g/mol. The molecule has 0 aliphatic rings. The zero-order valence-electron chi connectivity index (χ0n) is 14.5. The van der Waals surface area contributed by atoms with Gasteiger partial charge in [0, 0.05) is 6.08 Å². The van der Waals surface area contributed by atoms with Crippen LogP contribution in [0.25, 0.3) is 12.2 Å². The molecule has 0 fully saturated rings. The van der Waals surface area contributed by atoms with Gasteiger partial charge in [0.1, 0.15) is 5.76 Å². The number of benzene rings is 2. The lowest BCUT2D eigenvalue weighted by Crippen LogP contribution is -1.90. The number of phenolic OH excluding ortho intramolecular Hbond substituents is 1. The number of ketones is 1. The van der Waals surface area contributed by atoms with Gasteiger partial charge >= 0.3 is 0 Å². The van der Waals surface area contributed by atoms with Crippen LogP contribution in [0.1, 0.15) is 11.1 Å². The highest BCUT2D eigenvalue weighted by Crippen LogP contribution is 2.37. The predicted octanol–water partition coefficient (Wildman–Crippen LogP) is 4.15. The predicted molar refractivity (Wildman–Crippen MR) is 101 cm³/mol. The van der Waals surface area contributed by atoms with E-state index < -0.39 is 0 Å². The molecule has 2 aromatic rings. The SMILES string of the molecule is COc1cc(/C=C/C(O)=C/C(=O)/C=C/c2ccccc2)cc(OC)c1O. The number of carbonyl (C=O) groups is 1. The van der Waals surface area contributed by atoms with Gasteiger partial charge in [-0.15, -0.1) is 0 Å². The fourth-order valence-corrected chi connectivity index (χ4v) is 2.18. The third kappa shape index (κ3) is 5.27. The van der Waals surface area contributed by atoms with Crippen molar-refractivity contribution in [2.75, 3.05) is 14.2 Å². The molecule has 0 bridgehead atoms. The average Bonchev–Trinajstić information content (AvgIpc) is 2.66. The summed E-state index contributed by atoms with van der Waals surface area (Å²) in [6.07, 6.45) is 7.12. The molecule has 26 heavy (non-hydrogen) atoms. The Bertz CT molecular complexity index is 823. The third-order valence-corrected chi connectivity index (χ3v) is 3.48. The van der Waals surface area contributed by atoms with Gasteiger partial charge in [-0.05, 0) is 35.4 Å². The molecule has 0 radical (unpaired) electrons. The zero-order chi connectivity index (χ0) is 18.9. The molecule has 134 valence electrons. The molecule has 0 aliphatic carbocycles. The van der Waals surface area contributed by atoms with Crippen molar-refractivity contribution in [1.82, 2.24) is 0 Å². The molecule has 5 nitrogen and oxygen atoms in total. The van der Waals surface area contributed by atoms with Crippen molar-refractivity contribution in [2.45, 2.75) is 0 Å². The number of methoxy groups -OCH3 is 2. The van der Waals surface area contributed by atoms with Crippen LogP contribution in [0, 0.1) is 0 Å². The van der Waals surface area contributed by atoms with E-state index in [0.717, 1.165) is 11.6 Å². The Hall–Kier alpha value is -3.47. The van der Waals surface area contributed by atoms with Gasteiger partial charge in [-0.1, -0.05) is 42.5 Å². The van der Waals surface area contributed by atoms with Crippen LogP contribution in [-0.4, -0.2) is 30.2 Å². The second-order valence-electron chi connectivity index (χ2n) is 5.32. The van der Waals surface area contributed by atoms with E-state index in [4.69, 9.17) is 9.47 Å². The fourth-order valence-electron chi connectivity index (χ4n) is 2.18. The van der Waals surface area contributed by atoms with Gasteiger partial charge in [0.25, 0.3) is 0 Å². The fraction of sp³-hybridized carbons (Fsp3) is 0.0952. The first kappa shape index (κ1) is 18.9. The summed E-state index contributed by atoms with van der Waals surface area (Å²) >= 11 is 0. The Morgan fingerprint density at radius 1 is 0.923 bits per heavy atom. The summed E-state index contributed by atoms with van der Waals surface area (Å²) in [4.78, 5) is 11.9. The van der Waals surface area contributed by atoms with Crippen LogP contribution in [0.2, 0.25) is 0 Å². The number of ether oxygens (including phenoxy) is 2. The van der Waals surface area contributed by atoms with Gasteiger partial charge < -0.3 is 19.7 Å². The maximum Gasteiger partial charge on any atom is 0.200 e. The van der Waals surface area contributed by atoms with Gasteiger partial charge in [-0.25, -0.2) is 0 Å². The summed E-state index contributed by atoms with van der Waals surface area (Å²) in [7, 11) is 2.86. The Kier molecular flexibility index (Phi) is 6.62. The molecule has 0 aromatic heterocycles. The summed E-state index contributed by atoms with van der Waals surface area (Å²) in [5.74, 6) is -0.146. The number of aliphatic hydroxyl groups is 1. The number of aromatic hydroxyl groups is 1. The van der Waals surface area contributed by atoms with Crippen LogP contribution < -0.4 is 9.47 Å². The van der Waals surface area contributed by atoms with Crippen molar-refractivity contribution in [3.63, 3.8) is 0 Å². The number of rotatable bonds is 7. The first-order valence-electron chi connectivity index (χ1n) is 7.84. The average molecular weight is 352 g/mol. The van der Waals surface area contributed by atoms with Crippen molar-refractivity contribution in [1.29, 1.82) is 0 Å². The van der Waals surface area contributed by atoms with Gasteiger partial charge in [-0.3, -0.25) is 4.79 Å². The molecule has 0 heterocycles. The Balaban J connectivity index is 2.10. The van der Waals surface area contributed by atoms with Crippen molar-refractivity contribution < 1.29 is 24.5 Å². The van der Waals surface area contributed by atoms with E-state index in [2.05, 4.69) is 0 Å². The summed E-state index contributed by atoms with van der Waals surface area (Å²) in [5.41, 5.74) is 1.52. The van der Waals surface area contributed by atoms with Crippen molar-refractivity contribution in [3.05, 3.63) is 77.6 Å². The van der Waals surface area contributed by atoms with E-state index >= 15 is 0 Å². The van der Waals surface area contributed by atoms with Gasteiger partial charge in [0.15, 0.2) is 17.3 Å². The topological polar surface area (TPSA) is 76.0 Å². The normalized spacial score (nSPS) is 11.8. The maximum absolute atomic E-state index is 11.9. The minimum Gasteiger partial charge on any atom is -0.508 e. The summed E-state index contributed by atoms with van der Waals surface area (Å²) < 4.78 is 10.1. The number of hydrogen-bond donors (Lipinski definition) is 2. The molecule has 0 atom stereocenters. The summed E-state index contributed by atoms with van der Waals surface area (Å²) in [6.45, 7) is 0. The third-order valence-electron chi connectivity index (χ3n) is 3.48. The lowest BCUT2D eigenvalue weighted by atomic mass is 10.1. The van der Waals surface area contributed by atoms with Crippen LogP contribution in [0.4, 0.5) is 0 Å². The molecule has 0 spiro atoms. The number of allylic oxidation sites excluding steroid dienone is 3. The van der Waals surface area contributed by atoms with Crippen LogP contribution in [0.5, 0.6) is 17.2 Å². The van der Waals surface area contributed by atoms with Crippen LogP contribution >= 0.6 is 0 Å². The van der Waals surface area contributed by atoms with E-state index in [9.17, 15) is 15.0 Å². The molecular formula is C21H20O5. The minimum atomic E-state index is -0.336. The van der Waals surface area contributed by atoms with E-state index in [1.807, 2.05) is 30.3 Å². The lowest BCUT2D eigenvalue weighted by Gasteiger charge is -2.09. The highest BCUT2D eigenvalue weighted by atomic mass is 16.5. The summed E-state index contributed by atoms with van der Waals surface area (Å²) in [5, 5.41) is 19.8. The Morgan fingerprint density at radius 3 is 2.08 bits per heavy atom. The molecule has 5 heteroatoms. The second-order valence-corrected chi connectivity index (χ2v) is 5.32. The molecular weight excluding hydrogens is 332 g/mol. The Morgan fingerprint density at radius 2 is 1.50 bits per heavy atom. The van der Waals surface area contributed by atoms with Crippen LogP contribution in [0.15, 0.2) is 66.5 Å². The van der Waals surface area contributed by atoms with E-state index in [0.29, 0.717) is 5.56 Å². The molecule has 0 saturated heterocycles. The highest BCUT2D eigenvalue weighted by Gasteiger charge is 2.09. The van der Waals surface area contributed by atoms with Crippen molar-refractivity contribution in [2.24, 2.45) is 0 Å². The van der Waals surface area contributed by atoms with E-state index in [-0.39, 0.29) is 28.8 Å². The standard InChI is InChI=1S/C21H20O5/c1-25-19-12-16(13-20(26-2)21(19)24)9-11-18(23)14-17(22)10-8-15-6-4-3-5-7-15/h3-14,23-24H,1-2H3/b10-8+,11-9+,18-14-. The number of aliphatic hydroxyl groups excluding tert-OH is 1. The van der Waals surface area contributed by atoms with E-state index in [1.165, 1.54) is 26.4 Å². The number of phenols is 1. The summed E-state index contributed by atoms with van der Waals surface area (Å²) in [6, 6.07) is 12.6. The quantitative estimate of drug-likeness (QED) is 0.445. The van der Waals surface area contributed by atoms with E-state index in [1.54, 1.807) is 24.3 Å². The molecule has 0 aliphatic heterocycles. The number of hydrogen-bond acceptors (Lipinski definition) is 5. The Labute approximate surface area is 152 Å². The van der Waals surface area contributed by atoms with Crippen LogP contribution in [-0.2, 0) is 4.79 Å². The first-order valence-corrected chi connectivity index (χ1v) is 7.84. The van der Waals surface area contributed by atoms with Crippen molar-refractivity contribution >= 4 is 17.9 Å². The number of carbonyl (C=O) groups excluding carboxylic acids is 1. The molecule has 0 amide bonds. The smallest absolute Gasteiger partial charge is 0.200 e. The molecule has 2 aromatic carbocycles. The lowest BCUT2D eigenvalue weighted by molar-refractivity contribution is -0.110. The molecule has 0 saturated carbocycles. The molecule has 2 N–H and O–H groups in total. The van der Waals surface area contributed by atoms with Crippen molar-refractivity contribution in [3.8, 4) is 17.2 Å².